The van der Waals surface area contributed by atoms with Crippen molar-refractivity contribution in [3.63, 3.8) is 0 Å². The second kappa shape index (κ2) is 9.77. The van der Waals surface area contributed by atoms with Crippen molar-refractivity contribution in [3.8, 4) is 0 Å². The standard InChI is InChI=1S/C12H23N3O2.2ClH/c1-10(15-5-7-17-8-6-15)12(16)14-11-3-2-4-13-9-11;;/h10-11,13H,2-9H2,1H3,(H,14,16);2*1H/t10?,11-;;/m0../s1. The molecule has 0 aromatic rings. The summed E-state index contributed by atoms with van der Waals surface area (Å²) in [6.45, 7) is 7.16. The third-order valence-corrected chi connectivity index (χ3v) is 3.62. The first-order valence-corrected chi connectivity index (χ1v) is 6.60. The van der Waals surface area contributed by atoms with Gasteiger partial charge >= 0.3 is 0 Å². The summed E-state index contributed by atoms with van der Waals surface area (Å²) in [5, 5.41) is 6.44. The molecular weight excluding hydrogens is 289 g/mol. The fourth-order valence-corrected chi connectivity index (χ4v) is 2.43. The molecule has 114 valence electrons. The maximum absolute atomic E-state index is 12.1. The van der Waals surface area contributed by atoms with Crippen molar-refractivity contribution < 1.29 is 9.53 Å². The monoisotopic (exact) mass is 313 g/mol. The lowest BCUT2D eigenvalue weighted by atomic mass is 10.1. The highest BCUT2D eigenvalue weighted by atomic mass is 35.5. The van der Waals surface area contributed by atoms with Crippen LogP contribution in [0.2, 0.25) is 0 Å². The van der Waals surface area contributed by atoms with Gasteiger partial charge < -0.3 is 15.4 Å². The Bertz CT molecular complexity index is 257. The van der Waals surface area contributed by atoms with Crippen LogP contribution in [0, 0.1) is 0 Å². The molecule has 0 bridgehead atoms. The Morgan fingerprint density at radius 2 is 2.05 bits per heavy atom. The van der Waals surface area contributed by atoms with Gasteiger partial charge in [0.2, 0.25) is 5.91 Å². The normalized spacial score (nSPS) is 25.6. The van der Waals surface area contributed by atoms with Gasteiger partial charge in [-0.2, -0.15) is 0 Å². The van der Waals surface area contributed by atoms with Crippen LogP contribution in [-0.4, -0.2) is 62.3 Å². The lowest BCUT2D eigenvalue weighted by Gasteiger charge is -2.33. The number of ether oxygens (including phenoxy) is 1. The molecule has 5 nitrogen and oxygen atoms in total. The van der Waals surface area contributed by atoms with Crippen LogP contribution < -0.4 is 10.6 Å². The van der Waals surface area contributed by atoms with Gasteiger partial charge in [-0.15, -0.1) is 24.8 Å². The molecule has 7 heteroatoms. The molecule has 0 aromatic heterocycles. The van der Waals surface area contributed by atoms with Crippen LogP contribution in [0.3, 0.4) is 0 Å². The maximum atomic E-state index is 12.1. The zero-order valence-electron chi connectivity index (χ0n) is 11.4. The van der Waals surface area contributed by atoms with Crippen LogP contribution in [0.15, 0.2) is 0 Å². The molecule has 2 saturated heterocycles. The lowest BCUT2D eigenvalue weighted by Crippen LogP contribution is -2.54. The van der Waals surface area contributed by atoms with E-state index in [1.54, 1.807) is 0 Å². The van der Waals surface area contributed by atoms with Crippen molar-refractivity contribution in [2.24, 2.45) is 0 Å². The first-order valence-electron chi connectivity index (χ1n) is 6.60. The summed E-state index contributed by atoms with van der Waals surface area (Å²) in [4.78, 5) is 14.3. The minimum atomic E-state index is -0.0409. The summed E-state index contributed by atoms with van der Waals surface area (Å²) in [6, 6.07) is 0.264. The molecule has 1 amide bonds. The molecule has 19 heavy (non-hydrogen) atoms. The van der Waals surface area contributed by atoms with E-state index in [9.17, 15) is 4.79 Å². The largest absolute Gasteiger partial charge is 0.379 e. The minimum Gasteiger partial charge on any atom is -0.379 e. The van der Waals surface area contributed by atoms with Crippen molar-refractivity contribution in [3.05, 3.63) is 0 Å². The van der Waals surface area contributed by atoms with Gasteiger partial charge in [0.25, 0.3) is 0 Å². The molecule has 0 aromatic carbocycles. The molecule has 2 N–H and O–H groups in total. The summed E-state index contributed by atoms with van der Waals surface area (Å²) < 4.78 is 5.30. The van der Waals surface area contributed by atoms with Gasteiger partial charge in [-0.25, -0.2) is 0 Å². The van der Waals surface area contributed by atoms with Crippen LogP contribution in [-0.2, 0) is 9.53 Å². The number of carbonyl (C=O) groups excluding carboxylic acids is 1. The van der Waals surface area contributed by atoms with E-state index in [4.69, 9.17) is 4.74 Å². The highest BCUT2D eigenvalue weighted by Crippen LogP contribution is 2.06. The van der Waals surface area contributed by atoms with Crippen molar-refractivity contribution in [1.29, 1.82) is 0 Å². The van der Waals surface area contributed by atoms with Gasteiger partial charge in [0.05, 0.1) is 19.3 Å². The number of amides is 1. The van der Waals surface area contributed by atoms with Crippen LogP contribution >= 0.6 is 24.8 Å². The highest BCUT2D eigenvalue weighted by molar-refractivity contribution is 5.85. The van der Waals surface area contributed by atoms with Gasteiger partial charge in [0, 0.05) is 25.7 Å². The first kappa shape index (κ1) is 18.9. The fourth-order valence-electron chi connectivity index (χ4n) is 2.43. The van der Waals surface area contributed by atoms with Gasteiger partial charge in [-0.05, 0) is 26.3 Å². The molecule has 0 radical (unpaired) electrons. The van der Waals surface area contributed by atoms with Crippen LogP contribution in [0.1, 0.15) is 19.8 Å². The molecule has 1 unspecified atom stereocenters. The molecule has 2 aliphatic rings. The number of rotatable bonds is 3. The topological polar surface area (TPSA) is 53.6 Å². The van der Waals surface area contributed by atoms with Crippen LogP contribution in [0.5, 0.6) is 0 Å². The summed E-state index contributed by atoms with van der Waals surface area (Å²) in [5.41, 5.74) is 0. The molecule has 0 spiro atoms. The van der Waals surface area contributed by atoms with Gasteiger partial charge in [0.1, 0.15) is 0 Å². The van der Waals surface area contributed by atoms with E-state index in [1.807, 2.05) is 6.92 Å². The van der Waals surface area contributed by atoms with Crippen molar-refractivity contribution in [2.75, 3.05) is 39.4 Å². The maximum Gasteiger partial charge on any atom is 0.237 e. The lowest BCUT2D eigenvalue weighted by molar-refractivity contribution is -0.128. The Morgan fingerprint density at radius 3 is 2.63 bits per heavy atom. The van der Waals surface area contributed by atoms with Crippen molar-refractivity contribution >= 4 is 30.7 Å². The predicted octanol–water partition coefficient (Wildman–Crippen LogP) is 0.419. The third-order valence-electron chi connectivity index (χ3n) is 3.62. The van der Waals surface area contributed by atoms with E-state index in [0.717, 1.165) is 52.2 Å². The Kier molecular flexibility index (Phi) is 9.74. The van der Waals surface area contributed by atoms with E-state index in [1.165, 1.54) is 0 Å². The van der Waals surface area contributed by atoms with Gasteiger partial charge in [-0.3, -0.25) is 9.69 Å². The Labute approximate surface area is 127 Å². The summed E-state index contributed by atoms with van der Waals surface area (Å²) in [7, 11) is 0. The average molecular weight is 314 g/mol. The first-order chi connectivity index (χ1) is 8.27. The second-order valence-electron chi connectivity index (χ2n) is 4.88. The fraction of sp³-hybridized carbons (Fsp3) is 0.917. The van der Waals surface area contributed by atoms with Crippen molar-refractivity contribution in [2.45, 2.75) is 31.8 Å². The predicted molar refractivity (Wildman–Crippen MR) is 80.4 cm³/mol. The quantitative estimate of drug-likeness (QED) is 0.793. The third kappa shape index (κ3) is 5.83. The number of hydrogen-bond acceptors (Lipinski definition) is 4. The zero-order valence-corrected chi connectivity index (χ0v) is 13.0. The van der Waals surface area contributed by atoms with E-state index < -0.39 is 0 Å². The molecule has 2 heterocycles. The molecule has 2 fully saturated rings. The minimum absolute atomic E-state index is 0. The number of halogens is 2. The summed E-state index contributed by atoms with van der Waals surface area (Å²) in [6.07, 6.45) is 2.24. The number of piperidine rings is 1. The Hall–Kier alpha value is -0.0700. The van der Waals surface area contributed by atoms with E-state index in [2.05, 4.69) is 15.5 Å². The Balaban J connectivity index is 0.00000162. The number of carbonyl (C=O) groups is 1. The molecule has 2 aliphatic heterocycles. The van der Waals surface area contributed by atoms with E-state index in [-0.39, 0.29) is 36.8 Å². The molecule has 2 rings (SSSR count). The van der Waals surface area contributed by atoms with Crippen molar-refractivity contribution in [1.82, 2.24) is 15.5 Å². The number of morpholine rings is 1. The number of hydrogen-bond donors (Lipinski definition) is 2. The SMILES string of the molecule is CC(C(=O)N[C@H]1CCCNC1)N1CCOCC1.Cl.Cl. The van der Waals surface area contributed by atoms with Gasteiger partial charge in [-0.1, -0.05) is 0 Å². The second-order valence-corrected chi connectivity index (χ2v) is 4.88. The zero-order chi connectivity index (χ0) is 12.1. The smallest absolute Gasteiger partial charge is 0.237 e. The van der Waals surface area contributed by atoms with E-state index in [0.29, 0.717) is 6.04 Å². The summed E-state index contributed by atoms with van der Waals surface area (Å²) in [5.74, 6) is 0.153. The molecular formula is C12H25Cl2N3O2. The Morgan fingerprint density at radius 1 is 1.37 bits per heavy atom. The highest BCUT2D eigenvalue weighted by Gasteiger charge is 2.25. The molecule has 0 saturated carbocycles. The van der Waals surface area contributed by atoms with Crippen LogP contribution in [0.25, 0.3) is 0 Å². The summed E-state index contributed by atoms with van der Waals surface area (Å²) >= 11 is 0. The average Bonchev–Trinajstić information content (AvgIpc) is 2.40. The number of nitrogens with zero attached hydrogens (tertiary/aromatic N) is 1. The molecule has 0 aliphatic carbocycles. The van der Waals surface area contributed by atoms with E-state index >= 15 is 0 Å². The molecule has 2 atom stereocenters. The van der Waals surface area contributed by atoms with Crippen LogP contribution in [0.4, 0.5) is 0 Å². The van der Waals surface area contributed by atoms with Gasteiger partial charge in [0.15, 0.2) is 0 Å². The number of nitrogens with one attached hydrogen (secondary N) is 2.